The average Bonchev–Trinajstić information content (AvgIpc) is 4.30. The molecule has 10 aromatic carbocycles. The Balaban J connectivity index is 1.11. The second-order valence-electron chi connectivity index (χ2n) is 24.4. The molecule has 0 aliphatic heterocycles. The minimum Gasteiger partial charge on any atom is -0.456 e. The van der Waals surface area contributed by atoms with Gasteiger partial charge in [0.1, 0.15) is 22.3 Å². The molecule has 0 radical (unpaired) electrons. The zero-order valence-electron chi connectivity index (χ0n) is 43.9. The molecule has 0 N–H and O–H groups in total. The predicted octanol–water partition coefficient (Wildman–Crippen LogP) is 19.1. The maximum absolute atomic E-state index is 7.02. The van der Waals surface area contributed by atoms with Gasteiger partial charge in [-0.05, 0) is 115 Å². The van der Waals surface area contributed by atoms with Crippen LogP contribution in [0, 0.1) is 0 Å². The van der Waals surface area contributed by atoms with Gasteiger partial charge in [0.05, 0.1) is 16.1 Å². The van der Waals surface area contributed by atoms with Gasteiger partial charge in [-0.3, -0.25) is 0 Å². The molecule has 2 atom stereocenters. The molecule has 4 heteroatoms. The third kappa shape index (κ3) is 7.37. The van der Waals surface area contributed by atoms with Crippen molar-refractivity contribution in [3.8, 4) is 0 Å². The molecule has 2 fully saturated rings. The lowest BCUT2D eigenvalue weighted by Crippen LogP contribution is -2.37. The van der Waals surface area contributed by atoms with Crippen molar-refractivity contribution in [3.63, 3.8) is 0 Å². The maximum Gasteiger partial charge on any atom is 0.139 e. The molecule has 0 saturated heterocycles. The first-order chi connectivity index (χ1) is 36.0. The first-order valence-corrected chi connectivity index (χ1v) is 34.8. The molecule has 2 nitrogen and oxygen atoms in total. The van der Waals surface area contributed by atoms with Gasteiger partial charge in [0.2, 0.25) is 0 Å². The predicted molar refractivity (Wildman–Crippen MR) is 321 cm³/mol. The Morgan fingerprint density at radius 1 is 0.351 bits per heavy atom. The van der Waals surface area contributed by atoms with Crippen LogP contribution in [0.1, 0.15) is 120 Å². The second-order valence-corrected chi connectivity index (χ2v) is 34.6. The van der Waals surface area contributed by atoms with Crippen molar-refractivity contribution in [3.05, 3.63) is 214 Å². The van der Waals surface area contributed by atoms with Crippen molar-refractivity contribution in [1.29, 1.82) is 0 Å². The van der Waals surface area contributed by atoms with E-state index in [1.54, 1.807) is 0 Å². The molecule has 74 heavy (non-hydrogen) atoms. The van der Waals surface area contributed by atoms with E-state index in [1.165, 1.54) is 160 Å². The standard InChI is InChI=1S/C70H66O2Si2/c1-73(2,3)47-33-29-45(30-34-47)65(57-25-15-23-55-49-21-11-13-27-63(49)71-69(55)57)61-41-59(43-17-7-8-18-43)51-38-40-54-62(42-60(44-19-9-10-20-44)52-37-39-53(61)67(51)68(52)54)66(46-31-35-48(36-32-46)74(4,5)6)58-26-16-24-56-50-22-12-14-28-64(50)72-70(56)58/h11-16,21-44,65-66H,7-10,17-20H2,1-6H3. The van der Waals surface area contributed by atoms with Crippen LogP contribution in [0.3, 0.4) is 0 Å². The van der Waals surface area contributed by atoms with Gasteiger partial charge >= 0.3 is 0 Å². The number of benzene rings is 10. The summed E-state index contributed by atoms with van der Waals surface area (Å²) in [5, 5.41) is 16.2. The number of rotatable bonds is 10. The molecule has 2 unspecified atom stereocenters. The Kier molecular flexibility index (Phi) is 10.8. The minimum atomic E-state index is -1.57. The first kappa shape index (κ1) is 45.9. The van der Waals surface area contributed by atoms with Gasteiger partial charge in [-0.15, -0.1) is 0 Å². The molecule has 2 aliphatic carbocycles. The molecule has 12 aromatic rings. The highest BCUT2D eigenvalue weighted by Crippen LogP contribution is 2.53. The molecule has 0 amide bonds. The third-order valence-electron chi connectivity index (χ3n) is 18.0. The molecule has 0 spiro atoms. The summed E-state index contributed by atoms with van der Waals surface area (Å²) in [6.45, 7) is 14.8. The summed E-state index contributed by atoms with van der Waals surface area (Å²) < 4.78 is 14.0. The lowest BCUT2D eigenvalue weighted by Gasteiger charge is -2.29. The number of hydrogen-bond acceptors (Lipinski definition) is 2. The van der Waals surface area contributed by atoms with Crippen LogP contribution in [0.25, 0.3) is 76.2 Å². The van der Waals surface area contributed by atoms with Crippen molar-refractivity contribution in [1.82, 2.24) is 0 Å². The molecular formula is C70H66O2Si2. The minimum absolute atomic E-state index is 0.0586. The van der Waals surface area contributed by atoms with E-state index in [0.717, 1.165) is 22.3 Å². The fourth-order valence-corrected chi connectivity index (χ4v) is 16.5. The second kappa shape index (κ2) is 17.4. The smallest absolute Gasteiger partial charge is 0.139 e. The van der Waals surface area contributed by atoms with Crippen LogP contribution in [0.15, 0.2) is 179 Å². The molecule has 14 rings (SSSR count). The van der Waals surface area contributed by atoms with Crippen molar-refractivity contribution in [2.75, 3.05) is 0 Å². The summed E-state index contributed by atoms with van der Waals surface area (Å²) in [6.07, 6.45) is 10.0. The highest BCUT2D eigenvalue weighted by Gasteiger charge is 2.33. The lowest BCUT2D eigenvalue weighted by atomic mass is 9.74. The maximum atomic E-state index is 7.02. The van der Waals surface area contributed by atoms with Gasteiger partial charge in [-0.2, -0.15) is 0 Å². The lowest BCUT2D eigenvalue weighted by molar-refractivity contribution is 0.660. The monoisotopic (exact) mass is 994 g/mol. The van der Waals surface area contributed by atoms with Gasteiger partial charge in [0.25, 0.3) is 0 Å². The quantitative estimate of drug-likeness (QED) is 0.0775. The largest absolute Gasteiger partial charge is 0.456 e. The number of para-hydroxylation sites is 4. The number of furan rings is 2. The SMILES string of the molecule is C[Si](C)(C)c1ccc(C(c2cc(C3CCCC3)c3ccc4c(C(c5ccc([Si](C)(C)C)cc5)c5cccc6c5oc5ccccc56)cc(C5CCCC5)c5ccc2c3c54)c2cccc3c2oc2ccccc23)cc1. The van der Waals surface area contributed by atoms with E-state index in [4.69, 9.17) is 8.83 Å². The van der Waals surface area contributed by atoms with Crippen LogP contribution >= 0.6 is 0 Å². The summed E-state index contributed by atoms with van der Waals surface area (Å²) >= 11 is 0. The van der Waals surface area contributed by atoms with Gasteiger partial charge in [0.15, 0.2) is 0 Å². The van der Waals surface area contributed by atoms with Gasteiger partial charge in [-0.1, -0.05) is 233 Å². The van der Waals surface area contributed by atoms with Crippen LogP contribution in [0.4, 0.5) is 0 Å². The van der Waals surface area contributed by atoms with Crippen LogP contribution in [-0.4, -0.2) is 16.1 Å². The van der Waals surface area contributed by atoms with Crippen molar-refractivity contribution >= 4 is 103 Å². The molecule has 0 bridgehead atoms. The number of hydrogen-bond donors (Lipinski definition) is 0. The zero-order valence-corrected chi connectivity index (χ0v) is 45.9. The molecular weight excluding hydrogens is 929 g/mol. The number of fused-ring (bicyclic) bond motifs is 6. The topological polar surface area (TPSA) is 26.3 Å². The van der Waals surface area contributed by atoms with Gasteiger partial charge in [0, 0.05) is 44.5 Å². The highest BCUT2D eigenvalue weighted by molar-refractivity contribution is 6.89. The molecule has 2 heterocycles. The Morgan fingerprint density at radius 3 is 1.11 bits per heavy atom. The fraction of sp³-hybridized carbons (Fsp3) is 0.257. The Bertz CT molecular complexity index is 3840. The Hall–Kier alpha value is -6.73. The molecule has 2 aromatic heterocycles. The van der Waals surface area contributed by atoms with Crippen LogP contribution in [0.5, 0.6) is 0 Å². The average molecular weight is 995 g/mol. The highest BCUT2D eigenvalue weighted by atomic mass is 28.3. The summed E-state index contributed by atoms with van der Waals surface area (Å²) in [7, 11) is -3.14. The van der Waals surface area contributed by atoms with E-state index in [2.05, 4.69) is 209 Å². The summed E-state index contributed by atoms with van der Waals surface area (Å²) in [4.78, 5) is 0. The Morgan fingerprint density at radius 2 is 0.716 bits per heavy atom. The van der Waals surface area contributed by atoms with E-state index in [1.807, 2.05) is 0 Å². The van der Waals surface area contributed by atoms with Crippen molar-refractivity contribution < 1.29 is 8.83 Å². The fourth-order valence-electron chi connectivity index (χ4n) is 14.1. The van der Waals surface area contributed by atoms with Crippen LogP contribution in [0.2, 0.25) is 39.3 Å². The summed E-state index contributed by atoms with van der Waals surface area (Å²) in [5.41, 5.74) is 14.8. The van der Waals surface area contributed by atoms with Gasteiger partial charge < -0.3 is 8.83 Å². The molecule has 2 aliphatic rings. The summed E-state index contributed by atoms with van der Waals surface area (Å²) in [5.74, 6) is 0.896. The van der Waals surface area contributed by atoms with E-state index < -0.39 is 16.1 Å². The molecule has 366 valence electrons. The van der Waals surface area contributed by atoms with Crippen LogP contribution in [-0.2, 0) is 0 Å². The third-order valence-corrected chi connectivity index (χ3v) is 22.1. The normalized spacial score (nSPS) is 16.1. The van der Waals surface area contributed by atoms with Crippen LogP contribution < -0.4 is 10.4 Å². The molecule has 2 saturated carbocycles. The van der Waals surface area contributed by atoms with E-state index in [-0.39, 0.29) is 11.8 Å². The van der Waals surface area contributed by atoms with Gasteiger partial charge in [-0.25, -0.2) is 0 Å². The van der Waals surface area contributed by atoms with Crippen molar-refractivity contribution in [2.24, 2.45) is 0 Å². The summed E-state index contributed by atoms with van der Waals surface area (Å²) in [6, 6.07) is 66.1. The van der Waals surface area contributed by atoms with E-state index in [9.17, 15) is 0 Å². The van der Waals surface area contributed by atoms with E-state index in [0.29, 0.717) is 11.8 Å². The first-order valence-electron chi connectivity index (χ1n) is 27.8. The Labute approximate surface area is 437 Å². The van der Waals surface area contributed by atoms with E-state index >= 15 is 0 Å². The van der Waals surface area contributed by atoms with Crippen molar-refractivity contribution in [2.45, 2.75) is 114 Å². The zero-order chi connectivity index (χ0) is 50.0.